The predicted molar refractivity (Wildman–Crippen MR) is 26.7 cm³/mol. The summed E-state index contributed by atoms with van der Waals surface area (Å²) in [5.74, 6) is 0. The van der Waals surface area contributed by atoms with Gasteiger partial charge in [-0.15, -0.1) is 0 Å². The molecule has 0 aromatic heterocycles. The quantitative estimate of drug-likeness (QED) is 0.172. The molecule has 8 nitrogen and oxygen atoms in total. The van der Waals surface area contributed by atoms with Gasteiger partial charge in [0.1, 0.15) is 0 Å². The van der Waals surface area contributed by atoms with E-state index in [1.807, 2.05) is 0 Å². The van der Waals surface area contributed by atoms with Crippen LogP contribution in [-0.4, -0.2) is 38.1 Å². The Bertz CT molecular complexity index is 106. The van der Waals surface area contributed by atoms with E-state index in [-0.39, 0.29) is 29.6 Å². The van der Waals surface area contributed by atoms with Crippen LogP contribution in [0.3, 0.4) is 0 Å². The molecule has 64 valence electrons. The third kappa shape index (κ3) is 689. The molecule has 0 bridgehead atoms. The van der Waals surface area contributed by atoms with Gasteiger partial charge >= 0.3 is 46.4 Å². The Balaban J connectivity index is -0.000000107. The zero-order chi connectivity index (χ0) is 9.00. The molecule has 0 aromatic rings. The van der Waals surface area contributed by atoms with Crippen molar-refractivity contribution in [2.45, 2.75) is 0 Å². The van der Waals surface area contributed by atoms with Crippen LogP contribution in [-0.2, 0) is 4.57 Å². The van der Waals surface area contributed by atoms with Crippen molar-refractivity contribution in [2.75, 3.05) is 0 Å². The van der Waals surface area contributed by atoms with Gasteiger partial charge in [0.25, 0.3) is 0 Å². The summed E-state index contributed by atoms with van der Waals surface area (Å²) in [4.78, 5) is 52.1. The molecule has 0 rings (SSSR count). The van der Waals surface area contributed by atoms with Crippen LogP contribution in [0.2, 0.25) is 0 Å². The fourth-order valence-electron chi connectivity index (χ4n) is 0. The molecular weight excluding hydrogens is 210 g/mol. The molecule has 0 aliphatic rings. The maximum absolute atomic E-state index is 8.91. The summed E-state index contributed by atoms with van der Waals surface area (Å²) < 4.78 is 8.88. The van der Waals surface area contributed by atoms with Crippen LogP contribution >= 0.6 is 7.82 Å². The Morgan fingerprint density at radius 1 is 1.09 bits per heavy atom. The first kappa shape index (κ1) is 18.1. The number of hydrogen-bond donors (Lipinski definition) is 6. The van der Waals surface area contributed by atoms with E-state index in [9.17, 15) is 0 Å². The first-order valence-electron chi connectivity index (χ1n) is 1.66. The first-order valence-corrected chi connectivity index (χ1v) is 4.97. The Morgan fingerprint density at radius 2 is 1.09 bits per heavy atom. The summed E-state index contributed by atoms with van der Waals surface area (Å²) in [6.07, 6.45) is 0. The molecule has 0 amide bonds. The van der Waals surface area contributed by atoms with Gasteiger partial charge in [-0.05, 0) is 0 Å². The number of rotatable bonds is 0. The minimum absolute atomic E-state index is 0. The Labute approximate surface area is 84.8 Å². The van der Waals surface area contributed by atoms with Crippen molar-refractivity contribution in [3.8, 4) is 0 Å². The van der Waals surface area contributed by atoms with Crippen molar-refractivity contribution >= 4 is 16.9 Å². The number of hydrogen-bond acceptors (Lipinski definition) is 5. The van der Waals surface area contributed by atoms with Gasteiger partial charge in [0.2, 0.25) is 0 Å². The second kappa shape index (κ2) is 6.66. The molecule has 0 aliphatic heterocycles. The van der Waals surface area contributed by atoms with Crippen LogP contribution in [0.4, 0.5) is 0 Å². The van der Waals surface area contributed by atoms with Crippen LogP contribution < -0.4 is 34.4 Å². The van der Waals surface area contributed by atoms with Crippen LogP contribution in [0.25, 0.3) is 0 Å². The molecule has 0 heterocycles. The summed E-state index contributed by atoms with van der Waals surface area (Å²) in [7, 11) is -9.50. The average molecular weight is 216 g/mol. The van der Waals surface area contributed by atoms with Crippen LogP contribution in [0.1, 0.15) is 0 Å². The van der Waals surface area contributed by atoms with Gasteiger partial charge in [-0.2, -0.15) is 0 Å². The zero-order valence-electron chi connectivity index (χ0n) is 5.45. The van der Waals surface area contributed by atoms with Gasteiger partial charge < -0.3 is 33.9 Å². The third-order valence-electron chi connectivity index (χ3n) is 0. The Morgan fingerprint density at radius 3 is 1.09 bits per heavy atom. The third-order valence-corrected chi connectivity index (χ3v) is 0. The summed E-state index contributed by atoms with van der Waals surface area (Å²) in [6.45, 7) is 0. The monoisotopic (exact) mass is 216 g/mol. The average Bonchev–Trinajstić information content (AvgIpc) is 1.12. The maximum Gasteiger partial charge on any atom is 1.00 e. The van der Waals surface area contributed by atoms with Gasteiger partial charge in [-0.25, -0.2) is 4.57 Å². The van der Waals surface area contributed by atoms with Gasteiger partial charge in [0, 0.05) is 0 Å². The minimum atomic E-state index is -4.86. The maximum atomic E-state index is 8.91. The Kier molecular flexibility index (Phi) is 10.9. The molecule has 11 heteroatoms. The van der Waals surface area contributed by atoms with Crippen LogP contribution in [0.15, 0.2) is 0 Å². The normalized spacial score (nSPS) is 10.8. The zero-order valence-corrected chi connectivity index (χ0v) is 9.34. The molecule has 0 fully saturated rings. The molecule has 6 N–H and O–H groups in total. The van der Waals surface area contributed by atoms with E-state index < -0.39 is 16.9 Å². The van der Waals surface area contributed by atoms with E-state index in [0.717, 1.165) is 0 Å². The van der Waals surface area contributed by atoms with Crippen molar-refractivity contribution in [2.24, 2.45) is 0 Å². The molecule has 0 unspecified atom stereocenters. The van der Waals surface area contributed by atoms with E-state index in [0.29, 0.717) is 0 Å². The van der Waals surface area contributed by atoms with E-state index in [1.165, 1.54) is 0 Å². The molecule has 0 aliphatic carbocycles. The largest absolute Gasteiger partial charge is 1.00 e. The van der Waals surface area contributed by atoms with Crippen molar-refractivity contribution in [3.63, 3.8) is 0 Å². The Hall–Kier alpha value is 1.17. The molecule has 0 saturated carbocycles. The van der Waals surface area contributed by atoms with E-state index >= 15 is 0 Å². The van der Waals surface area contributed by atoms with Crippen molar-refractivity contribution in [1.29, 1.82) is 0 Å². The summed E-state index contributed by atoms with van der Waals surface area (Å²) in [5.41, 5.74) is 0. The van der Waals surface area contributed by atoms with Gasteiger partial charge in [0.05, 0.1) is 0 Å². The first-order chi connectivity index (χ1) is 4.00. The fourth-order valence-corrected chi connectivity index (χ4v) is 0. The number of phosphoric acid groups is 1. The minimum Gasteiger partial charge on any atom is -0.794 e. The van der Waals surface area contributed by atoms with E-state index in [2.05, 4.69) is 0 Å². The topological polar surface area (TPSA) is 162 Å². The smallest absolute Gasteiger partial charge is 0.794 e. The second-order valence-electron chi connectivity index (χ2n) is 1.09. The molecule has 0 saturated heterocycles. The predicted octanol–water partition coefficient (Wildman–Crippen LogP) is -7.17. The van der Waals surface area contributed by atoms with Crippen molar-refractivity contribution in [3.05, 3.63) is 0 Å². The molecule has 0 spiro atoms. The summed E-state index contributed by atoms with van der Waals surface area (Å²) in [5, 5.41) is 0. The SMILES string of the molecule is O=P(O)(O)O.[Na+].[O-][Si](O)(O)O. The summed E-state index contributed by atoms with van der Waals surface area (Å²) >= 11 is 0. The van der Waals surface area contributed by atoms with Crippen molar-refractivity contribution < 1.29 is 68.0 Å². The summed E-state index contributed by atoms with van der Waals surface area (Å²) in [6, 6.07) is 0. The fraction of sp³-hybridized carbons (Fsp3) is 0. The van der Waals surface area contributed by atoms with Gasteiger partial charge in [0.15, 0.2) is 0 Å². The molecule has 0 radical (unpaired) electrons. The molecule has 0 atom stereocenters. The van der Waals surface area contributed by atoms with Crippen LogP contribution in [0, 0.1) is 0 Å². The second-order valence-corrected chi connectivity index (χ2v) is 3.26. The van der Waals surface area contributed by atoms with Crippen LogP contribution in [0.5, 0.6) is 0 Å². The van der Waals surface area contributed by atoms with E-state index in [1.54, 1.807) is 0 Å². The van der Waals surface area contributed by atoms with Gasteiger partial charge in [-0.3, -0.25) is 0 Å². The van der Waals surface area contributed by atoms with Gasteiger partial charge in [-0.1, -0.05) is 0 Å². The molecule has 11 heavy (non-hydrogen) atoms. The standard InChI is InChI=1S/Na.H3O4P.H3O4Si/c;2*1-5(2,3)4/h;(H3,1,2,3,4);1-3H/q+1;;-1. The molecule has 0 aromatic carbocycles. The molecular formula is H6NaO8PSi. The van der Waals surface area contributed by atoms with Crippen molar-refractivity contribution in [1.82, 2.24) is 0 Å². The van der Waals surface area contributed by atoms with E-state index in [4.69, 9.17) is 38.4 Å².